The van der Waals surface area contributed by atoms with E-state index >= 15 is 0 Å². The molecule has 0 aliphatic heterocycles. The minimum atomic E-state index is 0. The van der Waals surface area contributed by atoms with E-state index in [0.29, 0.717) is 19.6 Å². The van der Waals surface area contributed by atoms with Crippen molar-refractivity contribution in [1.82, 2.24) is 15.6 Å². The van der Waals surface area contributed by atoms with E-state index in [-0.39, 0.29) is 30.7 Å². The Balaban J connectivity index is 0.00000288. The van der Waals surface area contributed by atoms with Gasteiger partial charge in [-0.3, -0.25) is 4.79 Å². The second-order valence-electron chi connectivity index (χ2n) is 5.09. The summed E-state index contributed by atoms with van der Waals surface area (Å²) in [6.07, 6.45) is 1.25. The van der Waals surface area contributed by atoms with Crippen LogP contribution in [0.1, 0.15) is 19.0 Å². The number of benzene rings is 1. The Kier molecular flexibility index (Phi) is 12.2. The largest absolute Gasteiger partial charge is 0.494 e. The number of halogens is 2. The number of rotatable bonds is 9. The van der Waals surface area contributed by atoms with E-state index in [1.165, 1.54) is 0 Å². The second-order valence-corrected chi connectivity index (χ2v) is 5.94. The maximum Gasteiger partial charge on any atom is 0.226 e. The van der Waals surface area contributed by atoms with Gasteiger partial charge < -0.3 is 15.4 Å². The number of aromatic nitrogens is 1. The monoisotopic (exact) mass is 405 g/mol. The fourth-order valence-electron chi connectivity index (χ4n) is 2.10. The molecule has 1 aromatic heterocycles. The van der Waals surface area contributed by atoms with Crippen LogP contribution in [0.4, 0.5) is 0 Å². The van der Waals surface area contributed by atoms with Gasteiger partial charge in [-0.05, 0) is 51.2 Å². The lowest BCUT2D eigenvalue weighted by Gasteiger charge is -2.04. The summed E-state index contributed by atoms with van der Waals surface area (Å²) in [4.78, 5) is 16.4. The molecule has 0 unspecified atom stereocenters. The van der Waals surface area contributed by atoms with Crippen molar-refractivity contribution in [2.45, 2.75) is 19.8 Å². The number of ether oxygens (including phenoxy) is 1. The number of amides is 1. The summed E-state index contributed by atoms with van der Waals surface area (Å²) in [5, 5.41) is 8.82. The standard InChI is InChI=1S/C17H23N3O2S.2ClH/c1-3-22-15-7-5-13(6-8-15)17-20-14(12-23-17)11-16(21)19-10-4-9-18-2;;/h5-8,12,18H,3-4,9-11H2,1-2H3,(H,19,21);2*1H. The molecular weight excluding hydrogens is 381 g/mol. The Morgan fingerprint density at radius 1 is 1.20 bits per heavy atom. The van der Waals surface area contributed by atoms with Crippen molar-refractivity contribution in [2.24, 2.45) is 0 Å². The van der Waals surface area contributed by atoms with Gasteiger partial charge in [0.25, 0.3) is 0 Å². The summed E-state index contributed by atoms with van der Waals surface area (Å²) in [5.41, 5.74) is 1.85. The molecule has 5 nitrogen and oxygen atoms in total. The number of hydrogen-bond acceptors (Lipinski definition) is 5. The Morgan fingerprint density at radius 2 is 1.92 bits per heavy atom. The number of thiazole rings is 1. The molecule has 0 aliphatic rings. The van der Waals surface area contributed by atoms with Gasteiger partial charge in [-0.2, -0.15) is 0 Å². The van der Waals surface area contributed by atoms with Crippen LogP contribution in [0, 0.1) is 0 Å². The van der Waals surface area contributed by atoms with Crippen molar-refractivity contribution in [3.05, 3.63) is 35.3 Å². The molecule has 2 aromatic rings. The summed E-state index contributed by atoms with van der Waals surface area (Å²) in [6, 6.07) is 7.86. The zero-order chi connectivity index (χ0) is 16.5. The molecule has 0 saturated heterocycles. The molecule has 0 radical (unpaired) electrons. The summed E-state index contributed by atoms with van der Waals surface area (Å²) in [5.74, 6) is 0.874. The average molecular weight is 406 g/mol. The Bertz CT molecular complexity index is 621. The first-order valence-electron chi connectivity index (χ1n) is 7.82. The summed E-state index contributed by atoms with van der Waals surface area (Å²) >= 11 is 1.55. The molecule has 0 spiro atoms. The van der Waals surface area contributed by atoms with Gasteiger partial charge in [-0.1, -0.05) is 0 Å². The number of nitrogens with zero attached hydrogens (tertiary/aromatic N) is 1. The van der Waals surface area contributed by atoms with E-state index in [1.807, 2.05) is 43.6 Å². The second kappa shape index (κ2) is 12.9. The highest BCUT2D eigenvalue weighted by Crippen LogP contribution is 2.25. The van der Waals surface area contributed by atoms with Crippen LogP contribution in [0.2, 0.25) is 0 Å². The maximum absolute atomic E-state index is 11.9. The molecule has 0 aliphatic carbocycles. The van der Waals surface area contributed by atoms with Crippen molar-refractivity contribution in [3.63, 3.8) is 0 Å². The van der Waals surface area contributed by atoms with Crippen LogP contribution >= 0.6 is 36.2 Å². The first-order valence-corrected chi connectivity index (χ1v) is 8.69. The van der Waals surface area contributed by atoms with Gasteiger partial charge in [0.2, 0.25) is 5.91 Å². The quantitative estimate of drug-likeness (QED) is 0.628. The number of carbonyl (C=O) groups is 1. The van der Waals surface area contributed by atoms with E-state index in [2.05, 4.69) is 15.6 Å². The predicted molar refractivity (Wildman–Crippen MR) is 108 cm³/mol. The lowest BCUT2D eigenvalue weighted by molar-refractivity contribution is -0.120. The molecule has 0 fully saturated rings. The Hall–Kier alpha value is -1.34. The Labute approximate surface area is 165 Å². The maximum atomic E-state index is 11.9. The van der Waals surface area contributed by atoms with E-state index < -0.39 is 0 Å². The fourth-order valence-corrected chi connectivity index (χ4v) is 2.93. The highest BCUT2D eigenvalue weighted by atomic mass is 35.5. The third-order valence-electron chi connectivity index (χ3n) is 3.23. The number of carbonyl (C=O) groups excluding carboxylic acids is 1. The number of hydrogen-bond donors (Lipinski definition) is 2. The predicted octanol–water partition coefficient (Wildman–Crippen LogP) is 3.32. The molecule has 2 rings (SSSR count). The van der Waals surface area contributed by atoms with E-state index in [0.717, 1.165) is 35.0 Å². The molecule has 0 bridgehead atoms. The van der Waals surface area contributed by atoms with Crippen LogP contribution < -0.4 is 15.4 Å². The molecule has 0 saturated carbocycles. The summed E-state index contributed by atoms with van der Waals surface area (Å²) in [6.45, 7) is 4.21. The zero-order valence-electron chi connectivity index (χ0n) is 14.4. The normalized spacial score (nSPS) is 9.68. The first-order chi connectivity index (χ1) is 11.2. The van der Waals surface area contributed by atoms with Gasteiger partial charge >= 0.3 is 0 Å². The van der Waals surface area contributed by atoms with Crippen molar-refractivity contribution in [1.29, 1.82) is 0 Å². The van der Waals surface area contributed by atoms with Crippen LogP contribution in [0.15, 0.2) is 29.6 Å². The van der Waals surface area contributed by atoms with Crippen molar-refractivity contribution >= 4 is 42.1 Å². The molecule has 1 heterocycles. The fraction of sp³-hybridized carbons (Fsp3) is 0.412. The topological polar surface area (TPSA) is 63.2 Å². The van der Waals surface area contributed by atoms with Crippen LogP contribution in [0.3, 0.4) is 0 Å². The third kappa shape index (κ3) is 8.05. The molecule has 1 amide bonds. The Morgan fingerprint density at radius 3 is 2.56 bits per heavy atom. The van der Waals surface area contributed by atoms with Crippen LogP contribution in [0.25, 0.3) is 10.6 Å². The van der Waals surface area contributed by atoms with Crippen LogP contribution in [-0.2, 0) is 11.2 Å². The van der Waals surface area contributed by atoms with E-state index in [1.54, 1.807) is 11.3 Å². The van der Waals surface area contributed by atoms with Crippen molar-refractivity contribution < 1.29 is 9.53 Å². The lowest BCUT2D eigenvalue weighted by Crippen LogP contribution is -2.28. The van der Waals surface area contributed by atoms with Gasteiger partial charge in [0.05, 0.1) is 18.7 Å². The highest BCUT2D eigenvalue weighted by molar-refractivity contribution is 7.13. The first kappa shape index (κ1) is 23.7. The minimum absolute atomic E-state index is 0. The van der Waals surface area contributed by atoms with E-state index in [4.69, 9.17) is 4.74 Å². The summed E-state index contributed by atoms with van der Waals surface area (Å²) < 4.78 is 5.43. The highest BCUT2D eigenvalue weighted by Gasteiger charge is 2.09. The molecule has 25 heavy (non-hydrogen) atoms. The van der Waals surface area contributed by atoms with E-state index in [9.17, 15) is 4.79 Å². The smallest absolute Gasteiger partial charge is 0.226 e. The third-order valence-corrected chi connectivity index (χ3v) is 4.17. The van der Waals surface area contributed by atoms with Gasteiger partial charge in [0.15, 0.2) is 0 Å². The lowest BCUT2D eigenvalue weighted by atomic mass is 10.2. The van der Waals surface area contributed by atoms with Crippen molar-refractivity contribution in [2.75, 3.05) is 26.7 Å². The van der Waals surface area contributed by atoms with Gasteiger partial charge in [-0.15, -0.1) is 36.2 Å². The van der Waals surface area contributed by atoms with Crippen LogP contribution in [0.5, 0.6) is 5.75 Å². The molecule has 140 valence electrons. The minimum Gasteiger partial charge on any atom is -0.494 e. The van der Waals surface area contributed by atoms with Gasteiger partial charge in [0, 0.05) is 17.5 Å². The van der Waals surface area contributed by atoms with Gasteiger partial charge in [0.1, 0.15) is 10.8 Å². The average Bonchev–Trinajstić information content (AvgIpc) is 3.01. The molecular formula is C17H25Cl2N3O2S. The van der Waals surface area contributed by atoms with Crippen LogP contribution in [-0.4, -0.2) is 37.6 Å². The van der Waals surface area contributed by atoms with Crippen molar-refractivity contribution in [3.8, 4) is 16.3 Å². The summed E-state index contributed by atoms with van der Waals surface area (Å²) in [7, 11) is 1.90. The molecule has 0 atom stereocenters. The SMILES string of the molecule is CCOc1ccc(-c2nc(CC(=O)NCCCNC)cs2)cc1.Cl.Cl. The molecule has 1 aromatic carbocycles. The molecule has 8 heteroatoms. The van der Waals surface area contributed by atoms with Gasteiger partial charge in [-0.25, -0.2) is 4.98 Å². The molecule has 2 N–H and O–H groups in total. The zero-order valence-corrected chi connectivity index (χ0v) is 16.9. The number of nitrogens with one attached hydrogen (secondary N) is 2.